The summed E-state index contributed by atoms with van der Waals surface area (Å²) >= 11 is 0. The highest BCUT2D eigenvalue weighted by atomic mass is 16.3. The molecule has 5 nitrogen and oxygen atoms in total. The van der Waals surface area contributed by atoms with Gasteiger partial charge < -0.3 is 15.3 Å². The van der Waals surface area contributed by atoms with Gasteiger partial charge in [-0.2, -0.15) is 0 Å². The van der Waals surface area contributed by atoms with Crippen molar-refractivity contribution in [3.63, 3.8) is 0 Å². The smallest absolute Gasteiger partial charge is 0.253 e. The number of hydrogen-bond donors (Lipinski definition) is 2. The van der Waals surface area contributed by atoms with Crippen LogP contribution in [0.5, 0.6) is 0 Å². The van der Waals surface area contributed by atoms with Crippen molar-refractivity contribution in [1.82, 2.24) is 10.2 Å². The van der Waals surface area contributed by atoms with Gasteiger partial charge in [0.2, 0.25) is 5.91 Å². The van der Waals surface area contributed by atoms with E-state index in [4.69, 9.17) is 5.11 Å². The second kappa shape index (κ2) is 8.15. The molecule has 2 amide bonds. The molecule has 0 saturated carbocycles. The van der Waals surface area contributed by atoms with Crippen LogP contribution in [0.2, 0.25) is 0 Å². The van der Waals surface area contributed by atoms with Crippen molar-refractivity contribution in [3.8, 4) is 11.1 Å². The Kier molecular flexibility index (Phi) is 5.68. The van der Waals surface area contributed by atoms with E-state index in [1.807, 2.05) is 48.5 Å². The van der Waals surface area contributed by atoms with Gasteiger partial charge in [-0.25, -0.2) is 0 Å². The van der Waals surface area contributed by atoms with E-state index in [0.717, 1.165) is 23.1 Å². The SMILES string of the molecule is CC(=O)NC1CCN(C(=O)c2ccc(-c3ccc(CCO)cc3)cc2)C1. The Balaban J connectivity index is 1.65. The molecule has 1 fully saturated rings. The molecule has 1 unspecified atom stereocenters. The first kappa shape index (κ1) is 18.1. The number of benzene rings is 2. The fourth-order valence-corrected chi connectivity index (χ4v) is 3.33. The number of amides is 2. The number of aliphatic hydroxyl groups excluding tert-OH is 1. The average molecular weight is 352 g/mol. The minimum Gasteiger partial charge on any atom is -0.396 e. The van der Waals surface area contributed by atoms with Crippen LogP contribution >= 0.6 is 0 Å². The van der Waals surface area contributed by atoms with Gasteiger partial charge in [0.25, 0.3) is 5.91 Å². The molecule has 0 aliphatic carbocycles. The van der Waals surface area contributed by atoms with Crippen LogP contribution in [0, 0.1) is 0 Å². The molecular formula is C21H24N2O3. The maximum Gasteiger partial charge on any atom is 0.253 e. The van der Waals surface area contributed by atoms with E-state index in [1.165, 1.54) is 6.92 Å². The Labute approximate surface area is 153 Å². The van der Waals surface area contributed by atoms with E-state index in [0.29, 0.717) is 25.1 Å². The number of nitrogens with one attached hydrogen (secondary N) is 1. The second-order valence-corrected chi connectivity index (χ2v) is 6.69. The largest absolute Gasteiger partial charge is 0.396 e. The van der Waals surface area contributed by atoms with E-state index in [9.17, 15) is 9.59 Å². The molecule has 26 heavy (non-hydrogen) atoms. The molecule has 5 heteroatoms. The van der Waals surface area contributed by atoms with Gasteiger partial charge in [-0.15, -0.1) is 0 Å². The molecule has 0 aromatic heterocycles. The zero-order valence-corrected chi connectivity index (χ0v) is 14.9. The predicted octanol–water partition coefficient (Wildman–Crippen LogP) is 2.24. The maximum atomic E-state index is 12.6. The van der Waals surface area contributed by atoms with Crippen LogP contribution in [0.3, 0.4) is 0 Å². The van der Waals surface area contributed by atoms with Crippen LogP contribution in [0.25, 0.3) is 11.1 Å². The lowest BCUT2D eigenvalue weighted by molar-refractivity contribution is -0.119. The second-order valence-electron chi connectivity index (χ2n) is 6.69. The Hall–Kier alpha value is -2.66. The molecule has 0 bridgehead atoms. The molecule has 1 heterocycles. The van der Waals surface area contributed by atoms with Crippen LogP contribution in [0.1, 0.15) is 29.3 Å². The van der Waals surface area contributed by atoms with Crippen LogP contribution in [0.4, 0.5) is 0 Å². The molecule has 2 N–H and O–H groups in total. The fourth-order valence-electron chi connectivity index (χ4n) is 3.33. The molecule has 0 spiro atoms. The average Bonchev–Trinajstić information content (AvgIpc) is 3.10. The Morgan fingerprint density at radius 2 is 1.69 bits per heavy atom. The lowest BCUT2D eigenvalue weighted by Gasteiger charge is -2.17. The van der Waals surface area contributed by atoms with Crippen molar-refractivity contribution in [2.45, 2.75) is 25.8 Å². The van der Waals surface area contributed by atoms with Crippen LogP contribution in [0.15, 0.2) is 48.5 Å². The summed E-state index contributed by atoms with van der Waals surface area (Å²) in [4.78, 5) is 25.6. The lowest BCUT2D eigenvalue weighted by Crippen LogP contribution is -2.37. The zero-order valence-electron chi connectivity index (χ0n) is 14.9. The van der Waals surface area contributed by atoms with Gasteiger partial charge in [0, 0.05) is 38.2 Å². The van der Waals surface area contributed by atoms with Gasteiger partial charge in [-0.05, 0) is 41.7 Å². The molecule has 1 aliphatic heterocycles. The quantitative estimate of drug-likeness (QED) is 0.867. The van der Waals surface area contributed by atoms with Gasteiger partial charge in [-0.3, -0.25) is 9.59 Å². The fraction of sp³-hybridized carbons (Fsp3) is 0.333. The van der Waals surface area contributed by atoms with Crippen LogP contribution < -0.4 is 5.32 Å². The summed E-state index contributed by atoms with van der Waals surface area (Å²) in [6.07, 6.45) is 1.45. The van der Waals surface area contributed by atoms with Gasteiger partial charge >= 0.3 is 0 Å². The summed E-state index contributed by atoms with van der Waals surface area (Å²) in [6.45, 7) is 2.87. The minimum atomic E-state index is -0.0568. The molecule has 1 saturated heterocycles. The third-order valence-corrected chi connectivity index (χ3v) is 4.70. The Morgan fingerprint density at radius 1 is 1.08 bits per heavy atom. The molecule has 2 aromatic rings. The summed E-state index contributed by atoms with van der Waals surface area (Å²) in [7, 11) is 0. The summed E-state index contributed by atoms with van der Waals surface area (Å²) in [5, 5.41) is 11.9. The number of hydrogen-bond acceptors (Lipinski definition) is 3. The number of nitrogens with zero attached hydrogens (tertiary/aromatic N) is 1. The third-order valence-electron chi connectivity index (χ3n) is 4.70. The van der Waals surface area contributed by atoms with Crippen molar-refractivity contribution in [2.75, 3.05) is 19.7 Å². The first-order chi connectivity index (χ1) is 12.6. The number of likely N-dealkylation sites (tertiary alicyclic amines) is 1. The molecule has 136 valence electrons. The van der Waals surface area contributed by atoms with Gasteiger partial charge in [0.15, 0.2) is 0 Å². The van der Waals surface area contributed by atoms with Crippen molar-refractivity contribution >= 4 is 11.8 Å². The van der Waals surface area contributed by atoms with Crippen molar-refractivity contribution in [2.24, 2.45) is 0 Å². The van der Waals surface area contributed by atoms with Gasteiger partial charge in [0.05, 0.1) is 0 Å². The number of aliphatic hydroxyl groups is 1. The monoisotopic (exact) mass is 352 g/mol. The highest BCUT2D eigenvalue weighted by Gasteiger charge is 2.27. The van der Waals surface area contributed by atoms with E-state index < -0.39 is 0 Å². The highest BCUT2D eigenvalue weighted by Crippen LogP contribution is 2.22. The van der Waals surface area contributed by atoms with E-state index >= 15 is 0 Å². The number of rotatable bonds is 5. The summed E-state index contributed by atoms with van der Waals surface area (Å²) < 4.78 is 0. The van der Waals surface area contributed by atoms with E-state index in [-0.39, 0.29) is 24.5 Å². The first-order valence-corrected chi connectivity index (χ1v) is 8.93. The van der Waals surface area contributed by atoms with E-state index in [2.05, 4.69) is 5.32 Å². The van der Waals surface area contributed by atoms with Gasteiger partial charge in [-0.1, -0.05) is 36.4 Å². The number of carbonyl (C=O) groups is 2. The molecule has 3 rings (SSSR count). The lowest BCUT2D eigenvalue weighted by atomic mass is 10.0. The normalized spacial score (nSPS) is 16.5. The molecular weight excluding hydrogens is 328 g/mol. The van der Waals surface area contributed by atoms with Crippen molar-refractivity contribution < 1.29 is 14.7 Å². The number of carbonyl (C=O) groups excluding carboxylic acids is 2. The highest BCUT2D eigenvalue weighted by molar-refractivity contribution is 5.95. The van der Waals surface area contributed by atoms with E-state index in [1.54, 1.807) is 4.90 Å². The molecule has 2 aromatic carbocycles. The molecule has 1 atom stereocenters. The zero-order chi connectivity index (χ0) is 18.5. The third kappa shape index (κ3) is 4.29. The Morgan fingerprint density at radius 3 is 2.27 bits per heavy atom. The predicted molar refractivity (Wildman–Crippen MR) is 101 cm³/mol. The molecule has 0 radical (unpaired) electrons. The minimum absolute atomic E-state index is 0.00250. The Bertz CT molecular complexity index is 769. The topological polar surface area (TPSA) is 69.6 Å². The van der Waals surface area contributed by atoms with Crippen LogP contribution in [-0.4, -0.2) is 47.6 Å². The van der Waals surface area contributed by atoms with Crippen molar-refractivity contribution in [1.29, 1.82) is 0 Å². The summed E-state index contributed by atoms with van der Waals surface area (Å²) in [5.41, 5.74) is 3.90. The standard InChI is InChI=1S/C21H24N2O3/c1-15(25)22-20-10-12-23(14-20)21(26)19-8-6-18(7-9-19)17-4-2-16(3-5-17)11-13-24/h2-9,20,24H,10-14H2,1H3,(H,22,25). The summed E-state index contributed by atoms with van der Waals surface area (Å²) in [5.74, 6) is -0.0543. The summed E-state index contributed by atoms with van der Waals surface area (Å²) in [6, 6.07) is 15.7. The van der Waals surface area contributed by atoms with Crippen LogP contribution in [-0.2, 0) is 11.2 Å². The van der Waals surface area contributed by atoms with Gasteiger partial charge in [0.1, 0.15) is 0 Å². The maximum absolute atomic E-state index is 12.6. The van der Waals surface area contributed by atoms with Crippen molar-refractivity contribution in [3.05, 3.63) is 59.7 Å². The molecule has 1 aliphatic rings. The first-order valence-electron chi connectivity index (χ1n) is 8.93.